The molecule has 2 heteroatoms. The molecule has 0 spiro atoms. The number of hydrogen-bond acceptors (Lipinski definition) is 2. The van der Waals surface area contributed by atoms with Crippen LogP contribution in [0.2, 0.25) is 0 Å². The second-order valence-corrected chi connectivity index (χ2v) is 5.81. The first-order chi connectivity index (χ1) is 9.22. The zero-order valence-corrected chi connectivity index (χ0v) is 12.5. The summed E-state index contributed by atoms with van der Waals surface area (Å²) < 4.78 is 6.26. The van der Waals surface area contributed by atoms with E-state index in [0.29, 0.717) is 6.04 Å². The van der Waals surface area contributed by atoms with Crippen LogP contribution in [-0.2, 0) is 4.74 Å². The predicted octanol–water partition coefficient (Wildman–Crippen LogP) is 3.93. The molecule has 1 unspecified atom stereocenters. The lowest BCUT2D eigenvalue weighted by atomic mass is 9.73. The zero-order chi connectivity index (χ0) is 13.7. The lowest BCUT2D eigenvalue weighted by Gasteiger charge is -2.45. The van der Waals surface area contributed by atoms with Gasteiger partial charge in [-0.05, 0) is 51.1 Å². The van der Waals surface area contributed by atoms with Crippen molar-refractivity contribution in [2.24, 2.45) is 5.92 Å². The molecule has 0 radical (unpaired) electrons. The zero-order valence-electron chi connectivity index (χ0n) is 12.5. The van der Waals surface area contributed by atoms with Gasteiger partial charge in [-0.25, -0.2) is 0 Å². The van der Waals surface area contributed by atoms with Gasteiger partial charge in [-0.2, -0.15) is 0 Å². The second-order valence-electron chi connectivity index (χ2n) is 5.81. The van der Waals surface area contributed by atoms with E-state index in [-0.39, 0.29) is 5.60 Å². The van der Waals surface area contributed by atoms with Gasteiger partial charge in [0.1, 0.15) is 0 Å². The molecule has 1 atom stereocenters. The third-order valence-electron chi connectivity index (χ3n) is 4.50. The molecule has 106 valence electrons. The molecule has 0 saturated heterocycles. The highest BCUT2D eigenvalue weighted by Crippen LogP contribution is 2.43. The summed E-state index contributed by atoms with van der Waals surface area (Å²) in [5.74, 6) is 0.835. The predicted molar refractivity (Wildman–Crippen MR) is 80.2 cm³/mol. The number of ether oxygens (including phenoxy) is 1. The van der Waals surface area contributed by atoms with Crippen molar-refractivity contribution in [3.63, 3.8) is 0 Å². The Balaban J connectivity index is 2.26. The molecule has 0 amide bonds. The maximum Gasteiger partial charge on any atom is 0.0876 e. The highest BCUT2D eigenvalue weighted by Gasteiger charge is 2.42. The van der Waals surface area contributed by atoms with Gasteiger partial charge in [0.2, 0.25) is 0 Å². The minimum absolute atomic E-state index is 0.0304. The van der Waals surface area contributed by atoms with Crippen LogP contribution in [0.15, 0.2) is 30.3 Å². The molecule has 0 heterocycles. The van der Waals surface area contributed by atoms with Crippen LogP contribution in [0.4, 0.5) is 0 Å². The number of benzene rings is 1. The minimum atomic E-state index is -0.0304. The fourth-order valence-electron chi connectivity index (χ4n) is 3.43. The van der Waals surface area contributed by atoms with Crippen LogP contribution in [0.1, 0.15) is 51.1 Å². The van der Waals surface area contributed by atoms with Crippen molar-refractivity contribution in [1.29, 1.82) is 0 Å². The van der Waals surface area contributed by atoms with E-state index in [1.165, 1.54) is 18.4 Å². The Hall–Kier alpha value is -0.860. The van der Waals surface area contributed by atoms with Gasteiger partial charge in [0, 0.05) is 6.61 Å². The van der Waals surface area contributed by atoms with Gasteiger partial charge in [-0.15, -0.1) is 0 Å². The van der Waals surface area contributed by atoms with Crippen LogP contribution in [0, 0.1) is 5.92 Å². The SMILES string of the molecule is CCOC1(C(NC)c2ccccc2)CCC(C)CC1. The van der Waals surface area contributed by atoms with Crippen molar-refractivity contribution in [3.8, 4) is 0 Å². The van der Waals surface area contributed by atoms with Gasteiger partial charge in [-0.1, -0.05) is 37.3 Å². The fourth-order valence-corrected chi connectivity index (χ4v) is 3.43. The molecule has 2 rings (SSSR count). The Kier molecular flexibility index (Phi) is 5.00. The summed E-state index contributed by atoms with van der Waals surface area (Å²) in [5, 5.41) is 3.50. The molecular weight excluding hydrogens is 234 g/mol. The Morgan fingerprint density at radius 2 is 1.89 bits per heavy atom. The van der Waals surface area contributed by atoms with Gasteiger partial charge >= 0.3 is 0 Å². The van der Waals surface area contributed by atoms with E-state index in [2.05, 4.69) is 56.5 Å². The largest absolute Gasteiger partial charge is 0.373 e. The van der Waals surface area contributed by atoms with E-state index in [9.17, 15) is 0 Å². The first-order valence-corrected chi connectivity index (χ1v) is 7.58. The van der Waals surface area contributed by atoms with Crippen LogP contribution < -0.4 is 5.32 Å². The molecule has 1 aliphatic rings. The Morgan fingerprint density at radius 1 is 1.26 bits per heavy atom. The molecular formula is C17H27NO. The van der Waals surface area contributed by atoms with E-state index < -0.39 is 0 Å². The molecule has 19 heavy (non-hydrogen) atoms. The van der Waals surface area contributed by atoms with Crippen molar-refractivity contribution in [1.82, 2.24) is 5.32 Å². The number of rotatable bonds is 5. The van der Waals surface area contributed by atoms with Gasteiger partial charge in [0.15, 0.2) is 0 Å². The normalized spacial score (nSPS) is 29.1. The van der Waals surface area contributed by atoms with Gasteiger partial charge in [0.25, 0.3) is 0 Å². The lowest BCUT2D eigenvalue weighted by molar-refractivity contribution is -0.0962. The first-order valence-electron chi connectivity index (χ1n) is 7.58. The molecule has 1 fully saturated rings. The Labute approximate surface area is 117 Å². The van der Waals surface area contributed by atoms with E-state index >= 15 is 0 Å². The third kappa shape index (κ3) is 3.18. The van der Waals surface area contributed by atoms with Crippen LogP contribution >= 0.6 is 0 Å². The fraction of sp³-hybridized carbons (Fsp3) is 0.647. The first kappa shape index (κ1) is 14.5. The van der Waals surface area contributed by atoms with Crippen molar-refractivity contribution >= 4 is 0 Å². The minimum Gasteiger partial charge on any atom is -0.373 e. The van der Waals surface area contributed by atoms with Crippen LogP contribution in [0.5, 0.6) is 0 Å². The Morgan fingerprint density at radius 3 is 2.42 bits per heavy atom. The van der Waals surface area contributed by atoms with Crippen LogP contribution in [0.3, 0.4) is 0 Å². The van der Waals surface area contributed by atoms with E-state index in [1.54, 1.807) is 0 Å². The van der Waals surface area contributed by atoms with Crippen molar-refractivity contribution in [3.05, 3.63) is 35.9 Å². The molecule has 1 aromatic rings. The molecule has 1 saturated carbocycles. The van der Waals surface area contributed by atoms with Gasteiger partial charge < -0.3 is 10.1 Å². The highest BCUT2D eigenvalue weighted by molar-refractivity contribution is 5.23. The second kappa shape index (κ2) is 6.53. The third-order valence-corrected chi connectivity index (χ3v) is 4.50. The maximum atomic E-state index is 6.26. The average Bonchev–Trinajstić information content (AvgIpc) is 2.44. The molecule has 2 nitrogen and oxygen atoms in total. The maximum absolute atomic E-state index is 6.26. The smallest absolute Gasteiger partial charge is 0.0876 e. The average molecular weight is 261 g/mol. The highest BCUT2D eigenvalue weighted by atomic mass is 16.5. The molecule has 0 aliphatic heterocycles. The summed E-state index contributed by atoms with van der Waals surface area (Å²) >= 11 is 0. The van der Waals surface area contributed by atoms with Crippen molar-refractivity contribution in [2.45, 2.75) is 51.2 Å². The van der Waals surface area contributed by atoms with Gasteiger partial charge in [0.05, 0.1) is 11.6 Å². The topological polar surface area (TPSA) is 21.3 Å². The standard InChI is InChI=1S/C17H27NO/c1-4-19-17(12-10-14(2)11-13-17)16(18-3)15-8-6-5-7-9-15/h5-9,14,16,18H,4,10-13H2,1-3H3. The molecule has 1 aromatic carbocycles. The van der Waals surface area contributed by atoms with Crippen LogP contribution in [-0.4, -0.2) is 19.3 Å². The lowest BCUT2D eigenvalue weighted by Crippen LogP contribution is -2.47. The van der Waals surface area contributed by atoms with E-state index in [0.717, 1.165) is 25.4 Å². The molecule has 0 bridgehead atoms. The summed E-state index contributed by atoms with van der Waals surface area (Å²) in [4.78, 5) is 0. The quantitative estimate of drug-likeness (QED) is 0.867. The molecule has 1 aliphatic carbocycles. The number of hydrogen-bond donors (Lipinski definition) is 1. The van der Waals surface area contributed by atoms with Crippen molar-refractivity contribution < 1.29 is 4.74 Å². The molecule has 1 N–H and O–H groups in total. The summed E-state index contributed by atoms with van der Waals surface area (Å²) in [6.45, 7) is 5.25. The van der Waals surface area contributed by atoms with E-state index in [1.807, 2.05) is 0 Å². The van der Waals surface area contributed by atoms with Gasteiger partial charge in [-0.3, -0.25) is 0 Å². The summed E-state index contributed by atoms with van der Waals surface area (Å²) in [6.07, 6.45) is 4.85. The summed E-state index contributed by atoms with van der Waals surface area (Å²) in [5.41, 5.74) is 1.31. The number of likely N-dealkylation sites (N-methyl/N-ethyl adjacent to an activating group) is 1. The van der Waals surface area contributed by atoms with Crippen LogP contribution in [0.25, 0.3) is 0 Å². The monoisotopic (exact) mass is 261 g/mol. The Bertz CT molecular complexity index is 368. The van der Waals surface area contributed by atoms with E-state index in [4.69, 9.17) is 4.74 Å². The van der Waals surface area contributed by atoms with Crippen molar-refractivity contribution in [2.75, 3.05) is 13.7 Å². The molecule has 0 aromatic heterocycles. The summed E-state index contributed by atoms with van der Waals surface area (Å²) in [7, 11) is 2.05. The number of nitrogens with one attached hydrogen (secondary N) is 1. The summed E-state index contributed by atoms with van der Waals surface area (Å²) in [6, 6.07) is 11.0.